The van der Waals surface area contributed by atoms with Crippen molar-refractivity contribution in [2.75, 3.05) is 18.6 Å². The summed E-state index contributed by atoms with van der Waals surface area (Å²) in [4.78, 5) is 0. The van der Waals surface area contributed by atoms with Crippen molar-refractivity contribution in [2.24, 2.45) is 0 Å². The van der Waals surface area contributed by atoms with E-state index in [1.807, 2.05) is 23.9 Å². The second-order valence-electron chi connectivity index (χ2n) is 2.80. The van der Waals surface area contributed by atoms with E-state index in [2.05, 4.69) is 25.3 Å². The molecule has 0 fully saturated rings. The van der Waals surface area contributed by atoms with E-state index < -0.39 is 0 Å². The number of aryl methyl sites for hydroxylation is 1. The van der Waals surface area contributed by atoms with Gasteiger partial charge in [0, 0.05) is 5.75 Å². The smallest absolute Gasteiger partial charge is 0.122 e. The Labute approximate surface area is 84.5 Å². The van der Waals surface area contributed by atoms with E-state index in [4.69, 9.17) is 4.74 Å². The highest BCUT2D eigenvalue weighted by atomic mass is 32.2. The summed E-state index contributed by atoms with van der Waals surface area (Å²) in [6, 6.07) is 8.24. The Morgan fingerprint density at radius 1 is 1.31 bits per heavy atom. The summed E-state index contributed by atoms with van der Waals surface area (Å²) in [7, 11) is 0. The summed E-state index contributed by atoms with van der Waals surface area (Å²) in [5.74, 6) is 2.09. The molecule has 0 radical (unpaired) electrons. The van der Waals surface area contributed by atoms with Crippen molar-refractivity contribution in [3.8, 4) is 5.75 Å². The van der Waals surface area contributed by atoms with E-state index in [1.165, 1.54) is 5.56 Å². The number of ether oxygens (including phenoxy) is 1. The molecule has 0 bridgehead atoms. The molecule has 0 heterocycles. The van der Waals surface area contributed by atoms with Crippen molar-refractivity contribution in [1.29, 1.82) is 0 Å². The van der Waals surface area contributed by atoms with Gasteiger partial charge in [-0.25, -0.2) is 0 Å². The molecule has 0 aliphatic rings. The van der Waals surface area contributed by atoms with Gasteiger partial charge in [-0.2, -0.15) is 11.8 Å². The van der Waals surface area contributed by atoms with Gasteiger partial charge >= 0.3 is 0 Å². The van der Waals surface area contributed by atoms with Gasteiger partial charge in [0.15, 0.2) is 0 Å². The predicted octanol–water partition coefficient (Wildman–Crippen LogP) is 2.99. The second-order valence-corrected chi connectivity index (χ2v) is 3.79. The van der Waals surface area contributed by atoms with Crippen molar-refractivity contribution >= 4 is 11.8 Å². The molecule has 0 saturated carbocycles. The monoisotopic (exact) mass is 196 g/mol. The molecule has 13 heavy (non-hydrogen) atoms. The summed E-state index contributed by atoms with van der Waals surface area (Å²) in [6.07, 6.45) is 3.13. The normalized spacial score (nSPS) is 10.0. The number of benzene rings is 1. The molecule has 0 aliphatic carbocycles. The standard InChI is InChI=1S/C11H16OS/c1-3-10-6-4-5-7-11(10)12-8-9-13-2/h4-7H,3,8-9H2,1-2H3. The van der Waals surface area contributed by atoms with Gasteiger partial charge in [0.2, 0.25) is 0 Å². The maximum atomic E-state index is 5.65. The minimum Gasteiger partial charge on any atom is -0.492 e. The van der Waals surface area contributed by atoms with Gasteiger partial charge < -0.3 is 4.74 Å². The van der Waals surface area contributed by atoms with Crippen LogP contribution in [-0.4, -0.2) is 18.6 Å². The van der Waals surface area contributed by atoms with Crippen LogP contribution in [0.3, 0.4) is 0 Å². The number of rotatable bonds is 5. The van der Waals surface area contributed by atoms with Crippen molar-refractivity contribution in [3.05, 3.63) is 29.8 Å². The molecule has 0 unspecified atom stereocenters. The minimum atomic E-state index is 0.804. The van der Waals surface area contributed by atoms with Crippen LogP contribution in [0.5, 0.6) is 5.75 Å². The van der Waals surface area contributed by atoms with Crippen LogP contribution in [0, 0.1) is 0 Å². The molecule has 0 aliphatic heterocycles. The highest BCUT2D eigenvalue weighted by Crippen LogP contribution is 2.18. The van der Waals surface area contributed by atoms with Gasteiger partial charge in [-0.15, -0.1) is 0 Å². The Morgan fingerprint density at radius 2 is 2.08 bits per heavy atom. The molecular weight excluding hydrogens is 180 g/mol. The molecule has 0 aromatic heterocycles. The molecule has 1 aromatic rings. The second kappa shape index (κ2) is 5.92. The maximum absolute atomic E-state index is 5.65. The average molecular weight is 196 g/mol. The molecule has 0 N–H and O–H groups in total. The number of thioether (sulfide) groups is 1. The zero-order valence-electron chi connectivity index (χ0n) is 8.25. The first-order valence-electron chi connectivity index (χ1n) is 4.58. The third-order valence-corrected chi connectivity index (χ3v) is 2.47. The highest BCUT2D eigenvalue weighted by molar-refractivity contribution is 7.98. The van der Waals surface area contributed by atoms with E-state index >= 15 is 0 Å². The van der Waals surface area contributed by atoms with Crippen molar-refractivity contribution in [2.45, 2.75) is 13.3 Å². The topological polar surface area (TPSA) is 9.23 Å². The van der Waals surface area contributed by atoms with Crippen LogP contribution in [-0.2, 0) is 6.42 Å². The third-order valence-electron chi connectivity index (χ3n) is 1.90. The molecule has 2 heteroatoms. The number of hydrogen-bond acceptors (Lipinski definition) is 2. The van der Waals surface area contributed by atoms with Gasteiger partial charge in [-0.05, 0) is 24.3 Å². The van der Waals surface area contributed by atoms with Gasteiger partial charge in [0.1, 0.15) is 5.75 Å². The predicted molar refractivity (Wildman–Crippen MR) is 59.7 cm³/mol. The molecule has 0 saturated heterocycles. The Kier molecular flexibility index (Phi) is 4.76. The Bertz CT molecular complexity index is 248. The zero-order chi connectivity index (χ0) is 9.52. The first kappa shape index (κ1) is 10.5. The lowest BCUT2D eigenvalue weighted by Crippen LogP contribution is -2.01. The third kappa shape index (κ3) is 3.31. The molecular formula is C11H16OS. The van der Waals surface area contributed by atoms with Crippen LogP contribution in [0.4, 0.5) is 0 Å². The van der Waals surface area contributed by atoms with Gasteiger partial charge in [0.05, 0.1) is 6.61 Å². The molecule has 1 aromatic carbocycles. The van der Waals surface area contributed by atoms with Crippen molar-refractivity contribution in [3.63, 3.8) is 0 Å². The molecule has 0 amide bonds. The highest BCUT2D eigenvalue weighted by Gasteiger charge is 1.98. The summed E-state index contributed by atoms with van der Waals surface area (Å²) < 4.78 is 5.65. The average Bonchev–Trinajstić information content (AvgIpc) is 2.19. The quantitative estimate of drug-likeness (QED) is 0.670. The van der Waals surface area contributed by atoms with E-state index in [-0.39, 0.29) is 0 Å². The van der Waals surface area contributed by atoms with E-state index in [0.29, 0.717) is 0 Å². The number of hydrogen-bond donors (Lipinski definition) is 0. The zero-order valence-corrected chi connectivity index (χ0v) is 9.06. The maximum Gasteiger partial charge on any atom is 0.122 e. The lowest BCUT2D eigenvalue weighted by atomic mass is 10.1. The van der Waals surface area contributed by atoms with Crippen LogP contribution < -0.4 is 4.74 Å². The lowest BCUT2D eigenvalue weighted by molar-refractivity contribution is 0.340. The SMILES string of the molecule is CCc1ccccc1OCCSC. The molecule has 0 atom stereocenters. The van der Waals surface area contributed by atoms with Crippen LogP contribution in [0.25, 0.3) is 0 Å². The summed E-state index contributed by atoms with van der Waals surface area (Å²) in [6.45, 7) is 2.95. The largest absolute Gasteiger partial charge is 0.492 e. The Hall–Kier alpha value is -0.630. The van der Waals surface area contributed by atoms with Crippen LogP contribution >= 0.6 is 11.8 Å². The van der Waals surface area contributed by atoms with Gasteiger partial charge in [-0.3, -0.25) is 0 Å². The lowest BCUT2D eigenvalue weighted by Gasteiger charge is -2.08. The molecule has 1 nitrogen and oxygen atoms in total. The number of para-hydroxylation sites is 1. The van der Waals surface area contributed by atoms with Crippen LogP contribution in [0.2, 0.25) is 0 Å². The van der Waals surface area contributed by atoms with Crippen LogP contribution in [0.15, 0.2) is 24.3 Å². The summed E-state index contributed by atoms with van der Waals surface area (Å²) in [5.41, 5.74) is 1.30. The fraction of sp³-hybridized carbons (Fsp3) is 0.455. The molecule has 0 spiro atoms. The van der Waals surface area contributed by atoms with E-state index in [9.17, 15) is 0 Å². The Morgan fingerprint density at radius 3 is 2.77 bits per heavy atom. The molecule has 72 valence electrons. The molecule has 1 rings (SSSR count). The van der Waals surface area contributed by atoms with Gasteiger partial charge in [0.25, 0.3) is 0 Å². The Balaban J connectivity index is 2.54. The fourth-order valence-corrected chi connectivity index (χ4v) is 1.42. The fourth-order valence-electron chi connectivity index (χ4n) is 1.17. The van der Waals surface area contributed by atoms with Gasteiger partial charge in [-0.1, -0.05) is 25.1 Å². The minimum absolute atomic E-state index is 0.804. The van der Waals surface area contributed by atoms with Crippen molar-refractivity contribution in [1.82, 2.24) is 0 Å². The van der Waals surface area contributed by atoms with E-state index in [0.717, 1.165) is 24.5 Å². The van der Waals surface area contributed by atoms with E-state index in [1.54, 1.807) is 0 Å². The van der Waals surface area contributed by atoms with Crippen molar-refractivity contribution < 1.29 is 4.74 Å². The first-order valence-corrected chi connectivity index (χ1v) is 5.97. The van der Waals surface area contributed by atoms with Crippen LogP contribution in [0.1, 0.15) is 12.5 Å². The first-order chi connectivity index (χ1) is 6.38. The summed E-state index contributed by atoms with van der Waals surface area (Å²) >= 11 is 1.81. The summed E-state index contributed by atoms with van der Waals surface area (Å²) in [5, 5.41) is 0.